The van der Waals surface area contributed by atoms with Gasteiger partial charge in [-0.15, -0.1) is 0 Å². The van der Waals surface area contributed by atoms with Gasteiger partial charge < -0.3 is 29.7 Å². The normalized spacial score (nSPS) is 13.8. The van der Waals surface area contributed by atoms with Crippen molar-refractivity contribution in [3.8, 4) is 0 Å². The molecule has 20 heavy (non-hydrogen) atoms. The first-order chi connectivity index (χ1) is 9.04. The fourth-order valence-corrected chi connectivity index (χ4v) is 3.86. The van der Waals surface area contributed by atoms with Crippen LogP contribution in [0.5, 0.6) is 0 Å². The highest BCUT2D eigenvalue weighted by molar-refractivity contribution is 7.72. The number of hydrogen-bond acceptors (Lipinski definition) is 4. The molecule has 0 fully saturated rings. The fourth-order valence-electron chi connectivity index (χ4n) is 1.72. The third-order valence-corrected chi connectivity index (χ3v) is 6.57. The molecule has 2 aromatic heterocycles. The smallest absolute Gasteiger partial charge is 0.367 e. The first-order valence-electron chi connectivity index (χ1n) is 5.30. The Morgan fingerprint density at radius 1 is 1.20 bits per heavy atom. The van der Waals surface area contributed by atoms with Crippen LogP contribution >= 0.6 is 15.2 Å². The molecule has 0 saturated carbocycles. The zero-order valence-corrected chi connectivity index (χ0v) is 11.7. The molecule has 11 heteroatoms. The minimum Gasteiger partial charge on any atom is -0.367 e. The topological polar surface area (TPSA) is 164 Å². The molecule has 0 aliphatic heterocycles. The molecule has 0 unspecified atom stereocenters. The Morgan fingerprint density at radius 2 is 1.80 bits per heavy atom. The summed E-state index contributed by atoms with van der Waals surface area (Å²) in [6, 6.07) is 3.05. The van der Waals surface area contributed by atoms with E-state index in [1.807, 2.05) is 0 Å². The van der Waals surface area contributed by atoms with Crippen molar-refractivity contribution in [1.82, 2.24) is 9.97 Å². The molecule has 110 valence electrons. The van der Waals surface area contributed by atoms with Crippen molar-refractivity contribution < 1.29 is 33.8 Å². The quantitative estimate of drug-likeness (QED) is 0.432. The van der Waals surface area contributed by atoms with Crippen molar-refractivity contribution in [2.75, 3.05) is 0 Å². The molecule has 0 aliphatic rings. The van der Waals surface area contributed by atoms with E-state index in [-0.39, 0.29) is 5.56 Å². The van der Waals surface area contributed by atoms with Gasteiger partial charge in [-0.2, -0.15) is 0 Å². The summed E-state index contributed by atoms with van der Waals surface area (Å²) in [5.74, 6) is 0. The van der Waals surface area contributed by atoms with Crippen LogP contribution < -0.4 is 0 Å². The lowest BCUT2D eigenvalue weighted by Gasteiger charge is -2.29. The lowest BCUT2D eigenvalue weighted by atomic mass is 10.2. The molecule has 2 heterocycles. The van der Waals surface area contributed by atoms with Crippen molar-refractivity contribution >= 4 is 26.2 Å². The Labute approximate surface area is 112 Å². The molecule has 0 saturated heterocycles. The first-order valence-corrected chi connectivity index (χ1v) is 8.53. The molecule has 0 atom stereocenters. The van der Waals surface area contributed by atoms with Gasteiger partial charge in [-0.1, -0.05) is 0 Å². The number of fused-ring (bicyclic) bond motifs is 1. The second-order valence-corrected chi connectivity index (χ2v) is 8.30. The third-order valence-electron chi connectivity index (χ3n) is 2.83. The third kappa shape index (κ3) is 2.57. The maximum absolute atomic E-state index is 11.2. The maximum atomic E-state index is 11.2. The Balaban J connectivity index is 2.47. The number of aromatic nitrogens is 2. The second kappa shape index (κ2) is 4.75. The van der Waals surface area contributed by atoms with Gasteiger partial charge in [0.2, 0.25) is 0 Å². The summed E-state index contributed by atoms with van der Waals surface area (Å²) >= 11 is 0. The van der Waals surface area contributed by atoms with Crippen LogP contribution in [0.4, 0.5) is 0 Å². The first kappa shape index (κ1) is 15.3. The highest BCUT2D eigenvalue weighted by atomic mass is 31.2. The average Bonchev–Trinajstić information content (AvgIpc) is 2.73. The van der Waals surface area contributed by atoms with E-state index in [1.54, 1.807) is 12.3 Å². The lowest BCUT2D eigenvalue weighted by Crippen LogP contribution is -2.31. The van der Waals surface area contributed by atoms with E-state index in [2.05, 4.69) is 9.97 Å². The Bertz CT molecular complexity index is 709. The molecule has 0 radical (unpaired) electrons. The zero-order chi connectivity index (χ0) is 15.2. The molecule has 0 bridgehead atoms. The van der Waals surface area contributed by atoms with Crippen LogP contribution in [-0.2, 0) is 15.6 Å². The van der Waals surface area contributed by atoms with Gasteiger partial charge >= 0.3 is 15.2 Å². The van der Waals surface area contributed by atoms with Gasteiger partial charge in [0, 0.05) is 18.8 Å². The van der Waals surface area contributed by atoms with Crippen molar-refractivity contribution in [2.45, 2.75) is 11.5 Å². The monoisotopic (exact) mass is 322 g/mol. The largest absolute Gasteiger partial charge is 0.369 e. The number of aromatic amines is 1. The van der Waals surface area contributed by atoms with Gasteiger partial charge in [0.1, 0.15) is 0 Å². The summed E-state index contributed by atoms with van der Waals surface area (Å²) in [7, 11) is -10.9. The van der Waals surface area contributed by atoms with E-state index in [1.165, 1.54) is 12.3 Å². The molecule has 2 rings (SSSR count). The minimum absolute atomic E-state index is 0.0779. The fraction of sp³-hybridized carbons (Fsp3) is 0.222. The standard InChI is InChI=1S/C9H12N2O7P2/c12-9(19(13,14)15,20(16,17)18)4-6-3-8-7(11-5-6)1-2-10-8/h1-3,5,10,12H,4H2,(H2,13,14,15)(H2,16,17,18). The molecule has 0 spiro atoms. The SMILES string of the molecule is O=P(O)(O)C(O)(Cc1cnc2cc[nH]c2c1)P(=O)(O)O. The highest BCUT2D eigenvalue weighted by Crippen LogP contribution is 2.68. The molecule has 0 aromatic carbocycles. The highest BCUT2D eigenvalue weighted by Gasteiger charge is 2.59. The van der Waals surface area contributed by atoms with E-state index in [0.717, 1.165) is 0 Å². The molecule has 0 amide bonds. The summed E-state index contributed by atoms with van der Waals surface area (Å²) in [6.45, 7) is 0. The number of pyridine rings is 1. The van der Waals surface area contributed by atoms with Crippen LogP contribution in [0, 0.1) is 0 Å². The van der Waals surface area contributed by atoms with Crippen LogP contribution in [0.3, 0.4) is 0 Å². The van der Waals surface area contributed by atoms with Gasteiger partial charge in [-0.05, 0) is 17.7 Å². The summed E-state index contributed by atoms with van der Waals surface area (Å²) in [5, 5.41) is 6.33. The van der Waals surface area contributed by atoms with Gasteiger partial charge in [-0.3, -0.25) is 14.1 Å². The molecular weight excluding hydrogens is 310 g/mol. The second-order valence-electron chi connectivity index (χ2n) is 4.29. The molecular formula is C9H12N2O7P2. The van der Waals surface area contributed by atoms with Crippen LogP contribution in [0.15, 0.2) is 24.5 Å². The minimum atomic E-state index is -5.47. The van der Waals surface area contributed by atoms with Gasteiger partial charge in [-0.25, -0.2) is 0 Å². The van der Waals surface area contributed by atoms with Crippen molar-refractivity contribution in [2.24, 2.45) is 0 Å². The van der Waals surface area contributed by atoms with Crippen LogP contribution in [-0.4, -0.2) is 39.7 Å². The summed E-state index contributed by atoms with van der Waals surface area (Å²) < 4.78 is 22.5. The van der Waals surface area contributed by atoms with Gasteiger partial charge in [0.15, 0.2) is 0 Å². The number of aliphatic hydroxyl groups is 1. The van der Waals surface area contributed by atoms with Crippen LogP contribution in [0.1, 0.15) is 5.56 Å². The van der Waals surface area contributed by atoms with E-state index >= 15 is 0 Å². The Kier molecular flexibility index (Phi) is 3.64. The number of hydrogen-bond donors (Lipinski definition) is 6. The van der Waals surface area contributed by atoms with Crippen molar-refractivity contribution in [3.05, 3.63) is 30.1 Å². The molecule has 2 aromatic rings. The van der Waals surface area contributed by atoms with Crippen LogP contribution in [0.25, 0.3) is 11.0 Å². The van der Waals surface area contributed by atoms with Crippen molar-refractivity contribution in [1.29, 1.82) is 0 Å². The molecule has 9 nitrogen and oxygen atoms in total. The Morgan fingerprint density at radius 3 is 2.35 bits per heavy atom. The zero-order valence-electron chi connectivity index (χ0n) is 9.91. The Hall–Kier alpha value is -1.05. The average molecular weight is 322 g/mol. The van der Waals surface area contributed by atoms with E-state index in [4.69, 9.17) is 19.6 Å². The predicted molar refractivity (Wildman–Crippen MR) is 68.8 cm³/mol. The summed E-state index contributed by atoms with van der Waals surface area (Å²) in [6.07, 6.45) is 1.84. The number of nitrogens with zero attached hydrogens (tertiary/aromatic N) is 1. The van der Waals surface area contributed by atoms with E-state index < -0.39 is 26.7 Å². The van der Waals surface area contributed by atoms with Crippen molar-refractivity contribution in [3.63, 3.8) is 0 Å². The molecule has 0 aliphatic carbocycles. The maximum Gasteiger partial charge on any atom is 0.369 e. The number of nitrogens with one attached hydrogen (secondary N) is 1. The summed E-state index contributed by atoms with van der Waals surface area (Å²) in [4.78, 5) is 42.9. The molecule has 6 N–H and O–H groups in total. The van der Waals surface area contributed by atoms with Crippen LogP contribution in [0.2, 0.25) is 0 Å². The summed E-state index contributed by atoms with van der Waals surface area (Å²) in [5.41, 5.74) is 1.17. The number of rotatable bonds is 4. The lowest BCUT2D eigenvalue weighted by molar-refractivity contribution is 0.131. The van der Waals surface area contributed by atoms with Gasteiger partial charge in [0.25, 0.3) is 5.08 Å². The van der Waals surface area contributed by atoms with E-state index in [9.17, 15) is 14.2 Å². The van der Waals surface area contributed by atoms with E-state index in [0.29, 0.717) is 11.0 Å². The number of H-pyrrole nitrogens is 1. The predicted octanol–water partition coefficient (Wildman–Crippen LogP) is 0.107. The van der Waals surface area contributed by atoms with Gasteiger partial charge in [0.05, 0.1) is 11.0 Å².